The molecule has 0 N–H and O–H groups in total. The summed E-state index contributed by atoms with van der Waals surface area (Å²) in [6.45, 7) is 17.6. The zero-order chi connectivity index (χ0) is 24.7. The minimum atomic E-state index is -3.96. The number of phosphoric acid groups is 1. The second kappa shape index (κ2) is 11.4. The van der Waals surface area contributed by atoms with Crippen molar-refractivity contribution < 1.29 is 22.6 Å². The van der Waals surface area contributed by atoms with E-state index in [1.807, 2.05) is 18.2 Å². The smallest absolute Gasteiger partial charge is 0.413 e. The molecule has 0 fully saturated rings. The van der Waals surface area contributed by atoms with Crippen molar-refractivity contribution in [1.82, 2.24) is 0 Å². The molecule has 0 radical (unpaired) electrons. The van der Waals surface area contributed by atoms with E-state index in [2.05, 4.69) is 54.6 Å². The van der Waals surface area contributed by atoms with Crippen molar-refractivity contribution in [3.05, 3.63) is 73.0 Å². The van der Waals surface area contributed by atoms with Gasteiger partial charge in [-0.3, -0.25) is 0 Å². The van der Waals surface area contributed by atoms with Gasteiger partial charge in [-0.15, -0.1) is 0 Å². The number of para-hydroxylation sites is 2. The molecular formula is C26H39O5PSi. The summed E-state index contributed by atoms with van der Waals surface area (Å²) in [4.78, 5) is 0. The third-order valence-corrected chi connectivity index (χ3v) is 11.6. The Balaban J connectivity index is 2.18. The summed E-state index contributed by atoms with van der Waals surface area (Å²) in [6.07, 6.45) is 3.30. The lowest BCUT2D eigenvalue weighted by Crippen LogP contribution is -2.46. The summed E-state index contributed by atoms with van der Waals surface area (Å²) >= 11 is 0. The Bertz CT molecular complexity index is 877. The molecule has 7 heteroatoms. The molecule has 0 bridgehead atoms. The SMILES string of the molecule is CC(C)[C@@H](O[Si](C)(C)C(C)(C)C)[C@@H](C)/C=C\OP(=O)(Oc1ccccc1)Oc1ccccc1. The third-order valence-electron chi connectivity index (χ3n) is 5.91. The van der Waals surface area contributed by atoms with Gasteiger partial charge in [0.05, 0.1) is 12.4 Å². The first-order valence-corrected chi connectivity index (χ1v) is 15.8. The fourth-order valence-corrected chi connectivity index (χ4v) is 5.62. The Hall–Kier alpha value is -2.01. The van der Waals surface area contributed by atoms with Gasteiger partial charge in [0.25, 0.3) is 0 Å². The number of rotatable bonds is 11. The standard InChI is InChI=1S/C26H39O5PSi/c1-21(2)25(31-33(7,8)26(4,5)6)22(3)19-20-28-32(27,29-23-15-11-9-12-16-23)30-24-17-13-10-14-18-24/h9-22,25H,1-8H3/b20-19-/t22-,25+/m0/s1. The van der Waals surface area contributed by atoms with E-state index in [1.165, 1.54) is 6.26 Å². The van der Waals surface area contributed by atoms with Crippen molar-refractivity contribution in [2.75, 3.05) is 0 Å². The van der Waals surface area contributed by atoms with Crippen LogP contribution in [0.3, 0.4) is 0 Å². The first kappa shape index (κ1) is 27.2. The molecule has 0 saturated carbocycles. The summed E-state index contributed by atoms with van der Waals surface area (Å²) in [5.74, 6) is 1.16. The quantitative estimate of drug-likeness (QED) is 0.180. The van der Waals surface area contributed by atoms with Crippen LogP contribution >= 0.6 is 7.82 Å². The Morgan fingerprint density at radius 3 is 1.70 bits per heavy atom. The lowest BCUT2D eigenvalue weighted by molar-refractivity contribution is 0.0996. The van der Waals surface area contributed by atoms with Crippen LogP contribution in [-0.4, -0.2) is 14.4 Å². The van der Waals surface area contributed by atoms with Crippen LogP contribution in [0.1, 0.15) is 41.5 Å². The van der Waals surface area contributed by atoms with E-state index in [-0.39, 0.29) is 17.1 Å². The molecule has 182 valence electrons. The largest absolute Gasteiger partial charge is 0.646 e. The maximum absolute atomic E-state index is 13.5. The molecule has 0 heterocycles. The van der Waals surface area contributed by atoms with Gasteiger partial charge in [-0.2, -0.15) is 4.57 Å². The van der Waals surface area contributed by atoms with Crippen LogP contribution in [0.15, 0.2) is 73.0 Å². The highest BCUT2D eigenvalue weighted by molar-refractivity contribution is 7.49. The molecular weight excluding hydrogens is 451 g/mol. The second-order valence-corrected chi connectivity index (χ2v) is 16.4. The average Bonchev–Trinajstić information content (AvgIpc) is 2.72. The van der Waals surface area contributed by atoms with Crippen LogP contribution in [-0.2, 0) is 13.5 Å². The van der Waals surface area contributed by atoms with Crippen molar-refractivity contribution in [1.29, 1.82) is 0 Å². The molecule has 0 spiro atoms. The molecule has 2 atom stereocenters. The molecule has 0 aliphatic rings. The zero-order valence-corrected chi connectivity index (χ0v) is 23.0. The van der Waals surface area contributed by atoms with Crippen molar-refractivity contribution >= 4 is 16.1 Å². The first-order valence-electron chi connectivity index (χ1n) is 11.5. The van der Waals surface area contributed by atoms with Crippen molar-refractivity contribution in [3.63, 3.8) is 0 Å². The molecule has 5 nitrogen and oxygen atoms in total. The van der Waals surface area contributed by atoms with Crippen LogP contribution in [0.4, 0.5) is 0 Å². The number of phosphoric ester groups is 1. The molecule has 33 heavy (non-hydrogen) atoms. The van der Waals surface area contributed by atoms with E-state index in [4.69, 9.17) is 18.0 Å². The average molecular weight is 491 g/mol. The minimum Gasteiger partial charge on any atom is -0.413 e. The van der Waals surface area contributed by atoms with Gasteiger partial charge < -0.3 is 18.0 Å². The predicted octanol–water partition coefficient (Wildman–Crippen LogP) is 8.47. The molecule has 0 amide bonds. The summed E-state index contributed by atoms with van der Waals surface area (Å²) < 4.78 is 37.1. The van der Waals surface area contributed by atoms with Gasteiger partial charge >= 0.3 is 7.82 Å². The number of hydrogen-bond donors (Lipinski definition) is 0. The van der Waals surface area contributed by atoms with Gasteiger partial charge in [0.1, 0.15) is 11.5 Å². The summed E-state index contributed by atoms with van der Waals surface area (Å²) in [5.41, 5.74) is 0. The molecule has 0 aliphatic heterocycles. The lowest BCUT2D eigenvalue weighted by atomic mass is 9.95. The fourth-order valence-electron chi connectivity index (χ4n) is 2.99. The Labute approximate surface area is 200 Å². The Kier molecular flexibility index (Phi) is 9.42. The van der Waals surface area contributed by atoms with Crippen LogP contribution in [0, 0.1) is 11.8 Å². The first-order chi connectivity index (χ1) is 15.3. The van der Waals surface area contributed by atoms with Crippen LogP contribution in [0.2, 0.25) is 18.1 Å². The van der Waals surface area contributed by atoms with Gasteiger partial charge in [0.15, 0.2) is 8.32 Å². The van der Waals surface area contributed by atoms with Crippen molar-refractivity contribution in [2.45, 2.75) is 65.8 Å². The highest BCUT2D eigenvalue weighted by atomic mass is 31.2. The maximum atomic E-state index is 13.5. The van der Waals surface area contributed by atoms with E-state index in [0.717, 1.165) is 0 Å². The molecule has 0 saturated heterocycles. The zero-order valence-electron chi connectivity index (χ0n) is 21.1. The van der Waals surface area contributed by atoms with Crippen LogP contribution in [0.25, 0.3) is 0 Å². The molecule has 2 aromatic rings. The van der Waals surface area contributed by atoms with Crippen LogP contribution < -0.4 is 9.05 Å². The van der Waals surface area contributed by atoms with Gasteiger partial charge in [-0.1, -0.05) is 77.9 Å². The third kappa shape index (κ3) is 8.37. The fraction of sp³-hybridized carbons (Fsp3) is 0.462. The molecule has 2 aromatic carbocycles. The van der Waals surface area contributed by atoms with E-state index < -0.39 is 16.1 Å². The minimum absolute atomic E-state index is 0.00945. The number of hydrogen-bond acceptors (Lipinski definition) is 5. The normalized spacial score (nSPS) is 14.8. The highest BCUT2D eigenvalue weighted by Crippen LogP contribution is 2.50. The molecule has 2 rings (SSSR count). The lowest BCUT2D eigenvalue weighted by Gasteiger charge is -2.41. The van der Waals surface area contributed by atoms with Crippen molar-refractivity contribution in [2.24, 2.45) is 11.8 Å². The maximum Gasteiger partial charge on any atom is 0.646 e. The van der Waals surface area contributed by atoms with Crippen molar-refractivity contribution in [3.8, 4) is 11.5 Å². The Morgan fingerprint density at radius 1 is 0.848 bits per heavy atom. The van der Waals surface area contributed by atoms with E-state index in [9.17, 15) is 4.57 Å². The van der Waals surface area contributed by atoms with Gasteiger partial charge in [0.2, 0.25) is 0 Å². The molecule has 0 aromatic heterocycles. The van der Waals surface area contributed by atoms with E-state index >= 15 is 0 Å². The monoisotopic (exact) mass is 490 g/mol. The summed E-state index contributed by atoms with van der Waals surface area (Å²) in [7, 11) is -5.91. The number of benzene rings is 2. The predicted molar refractivity (Wildman–Crippen MR) is 138 cm³/mol. The molecule has 0 aliphatic carbocycles. The molecule has 0 unspecified atom stereocenters. The van der Waals surface area contributed by atoms with Gasteiger partial charge in [-0.05, 0) is 54.4 Å². The van der Waals surface area contributed by atoms with Gasteiger partial charge in [0, 0.05) is 5.92 Å². The topological polar surface area (TPSA) is 54.0 Å². The Morgan fingerprint density at radius 2 is 1.30 bits per heavy atom. The van der Waals surface area contributed by atoms with E-state index in [1.54, 1.807) is 48.5 Å². The highest BCUT2D eigenvalue weighted by Gasteiger charge is 2.40. The van der Waals surface area contributed by atoms with Crippen LogP contribution in [0.5, 0.6) is 11.5 Å². The summed E-state index contributed by atoms with van der Waals surface area (Å²) in [6, 6.07) is 17.7. The van der Waals surface area contributed by atoms with Gasteiger partial charge in [-0.25, -0.2) is 0 Å². The van der Waals surface area contributed by atoms with E-state index in [0.29, 0.717) is 17.4 Å². The second-order valence-electron chi connectivity index (χ2n) is 10.1. The summed E-state index contributed by atoms with van der Waals surface area (Å²) in [5, 5.41) is 0.114.